The highest BCUT2D eigenvalue weighted by Gasteiger charge is 2.36. The maximum atomic E-state index is 2.49. The molecule has 0 spiro atoms. The second-order valence-electron chi connectivity index (χ2n) is 16.6. The van der Waals surface area contributed by atoms with Gasteiger partial charge in [-0.25, -0.2) is 0 Å². The molecule has 0 saturated carbocycles. The Labute approximate surface area is 352 Å². The van der Waals surface area contributed by atoms with Crippen LogP contribution in [0.1, 0.15) is 30.5 Å². The largest absolute Gasteiger partial charge is 0.310 e. The Kier molecular flexibility index (Phi) is 8.42. The van der Waals surface area contributed by atoms with Gasteiger partial charge in [-0.2, -0.15) is 0 Å². The van der Waals surface area contributed by atoms with Crippen molar-refractivity contribution in [2.75, 3.05) is 4.90 Å². The number of rotatable bonds is 7. The van der Waals surface area contributed by atoms with Crippen LogP contribution in [-0.4, -0.2) is 4.57 Å². The fraction of sp³-hybridized carbons (Fsp3) is 0.0690. The summed E-state index contributed by atoms with van der Waals surface area (Å²) in [4.78, 5) is 2.49. The molecule has 1 heterocycles. The van der Waals surface area contributed by atoms with Crippen LogP contribution < -0.4 is 4.90 Å². The fourth-order valence-corrected chi connectivity index (χ4v) is 9.72. The van der Waals surface area contributed by atoms with Crippen molar-refractivity contribution >= 4 is 38.9 Å². The molecular weight excluding hydrogens is 725 g/mol. The molecule has 0 radical (unpaired) electrons. The van der Waals surface area contributed by atoms with E-state index in [2.05, 4.69) is 243 Å². The molecule has 1 aliphatic rings. The molecule has 11 rings (SSSR count). The van der Waals surface area contributed by atoms with Crippen molar-refractivity contribution < 1.29 is 0 Å². The van der Waals surface area contributed by atoms with Gasteiger partial charge < -0.3 is 9.47 Å². The van der Waals surface area contributed by atoms with Crippen molar-refractivity contribution in [1.29, 1.82) is 0 Å². The lowest BCUT2D eigenvalue weighted by molar-refractivity contribution is 0.660. The molecule has 0 aliphatic heterocycles. The Bertz CT molecular complexity index is 3170. The predicted octanol–water partition coefficient (Wildman–Crippen LogP) is 15.9. The first-order valence-corrected chi connectivity index (χ1v) is 20.9. The van der Waals surface area contributed by atoms with Crippen LogP contribution in [0.2, 0.25) is 0 Å². The lowest BCUT2D eigenvalue weighted by atomic mass is 9.82. The first kappa shape index (κ1) is 35.7. The Morgan fingerprint density at radius 2 is 0.917 bits per heavy atom. The lowest BCUT2D eigenvalue weighted by Gasteiger charge is -2.31. The highest BCUT2D eigenvalue weighted by molar-refractivity contribution is 6.09. The molecule has 0 amide bonds. The van der Waals surface area contributed by atoms with Crippen LogP contribution in [0, 0.1) is 6.92 Å². The highest BCUT2D eigenvalue weighted by Crippen LogP contribution is 2.52. The topological polar surface area (TPSA) is 8.17 Å². The van der Waals surface area contributed by atoms with Crippen LogP contribution in [-0.2, 0) is 5.41 Å². The molecule has 0 bridgehead atoms. The van der Waals surface area contributed by atoms with E-state index in [0.29, 0.717) is 0 Å². The molecule has 10 aromatic rings. The van der Waals surface area contributed by atoms with Gasteiger partial charge in [0.05, 0.1) is 16.7 Å². The van der Waals surface area contributed by atoms with Crippen LogP contribution in [0.4, 0.5) is 17.1 Å². The van der Waals surface area contributed by atoms with Crippen LogP contribution in [0.3, 0.4) is 0 Å². The quantitative estimate of drug-likeness (QED) is 0.157. The van der Waals surface area contributed by atoms with Gasteiger partial charge in [-0.15, -0.1) is 0 Å². The molecule has 1 aromatic heterocycles. The lowest BCUT2D eigenvalue weighted by Crippen LogP contribution is -2.17. The van der Waals surface area contributed by atoms with E-state index in [9.17, 15) is 0 Å². The van der Waals surface area contributed by atoms with Crippen LogP contribution in [0.5, 0.6) is 0 Å². The van der Waals surface area contributed by atoms with Gasteiger partial charge >= 0.3 is 0 Å². The van der Waals surface area contributed by atoms with E-state index in [1.54, 1.807) is 0 Å². The van der Waals surface area contributed by atoms with Crippen molar-refractivity contribution in [2.24, 2.45) is 0 Å². The zero-order valence-corrected chi connectivity index (χ0v) is 34.1. The van der Waals surface area contributed by atoms with Crippen molar-refractivity contribution in [3.63, 3.8) is 0 Å². The van der Waals surface area contributed by atoms with E-state index in [1.165, 1.54) is 77.4 Å². The summed E-state index contributed by atoms with van der Waals surface area (Å²) in [6.07, 6.45) is 0. The molecule has 0 saturated heterocycles. The van der Waals surface area contributed by atoms with E-state index in [4.69, 9.17) is 0 Å². The second-order valence-corrected chi connectivity index (χ2v) is 16.6. The van der Waals surface area contributed by atoms with E-state index >= 15 is 0 Å². The minimum Gasteiger partial charge on any atom is -0.310 e. The third-order valence-electron chi connectivity index (χ3n) is 12.7. The van der Waals surface area contributed by atoms with Gasteiger partial charge in [0, 0.05) is 38.8 Å². The fourth-order valence-electron chi connectivity index (χ4n) is 9.72. The highest BCUT2D eigenvalue weighted by atomic mass is 15.1. The summed E-state index contributed by atoms with van der Waals surface area (Å²) in [6.45, 7) is 6.99. The number of anilines is 3. The summed E-state index contributed by atoms with van der Waals surface area (Å²) in [5.74, 6) is 0. The van der Waals surface area contributed by atoms with Crippen LogP contribution in [0.15, 0.2) is 212 Å². The van der Waals surface area contributed by atoms with Crippen LogP contribution >= 0.6 is 0 Å². The molecule has 0 N–H and O–H groups in total. The Hall–Kier alpha value is -7.42. The van der Waals surface area contributed by atoms with E-state index in [-0.39, 0.29) is 5.41 Å². The monoisotopic (exact) mass is 768 g/mol. The minimum absolute atomic E-state index is 0.138. The number of hydrogen-bond donors (Lipinski definition) is 0. The van der Waals surface area contributed by atoms with Crippen LogP contribution in [0.25, 0.3) is 72.0 Å². The molecule has 0 fully saturated rings. The SMILES string of the molecule is Cc1cc(-c2ccc(-c3ccccc3)cc2)ccc1N(c1ccc2c(c1)C(C)(C)c1ccccc1-2)c1ccc(-n2c3ccccc3c3ccccc32)cc1-c1ccccc1. The number of aromatic nitrogens is 1. The summed E-state index contributed by atoms with van der Waals surface area (Å²) in [5.41, 5.74) is 20.6. The molecule has 286 valence electrons. The molecule has 2 heteroatoms. The smallest absolute Gasteiger partial charge is 0.0541 e. The average Bonchev–Trinajstić information content (AvgIpc) is 3.76. The summed E-state index contributed by atoms with van der Waals surface area (Å²) >= 11 is 0. The van der Waals surface area contributed by atoms with Crippen molar-refractivity contribution in [2.45, 2.75) is 26.2 Å². The molecule has 60 heavy (non-hydrogen) atoms. The maximum Gasteiger partial charge on any atom is 0.0541 e. The Morgan fingerprint density at radius 1 is 0.383 bits per heavy atom. The third kappa shape index (κ3) is 5.79. The molecule has 9 aromatic carbocycles. The number of benzene rings is 9. The first-order chi connectivity index (χ1) is 29.4. The van der Waals surface area contributed by atoms with E-state index in [1.807, 2.05) is 0 Å². The third-order valence-corrected chi connectivity index (χ3v) is 12.7. The van der Waals surface area contributed by atoms with Crippen molar-refractivity contribution in [3.8, 4) is 50.2 Å². The number of aryl methyl sites for hydroxylation is 1. The van der Waals surface area contributed by atoms with Gasteiger partial charge in [-0.05, 0) is 117 Å². The standard InChI is InChI=1S/C58H44N2/c1-39-36-44(42-28-26-41(27-29-42)40-16-6-4-7-17-40)30-34-54(39)59(46-31-33-48-47-20-10-13-23-52(47)58(2,3)53(48)38-46)57-35-32-45(37-51(57)43-18-8-5-9-19-43)60-55-24-14-11-21-49(55)50-22-12-15-25-56(50)60/h4-38H,1-3H3. The Morgan fingerprint density at radius 3 is 1.60 bits per heavy atom. The molecule has 0 atom stereocenters. The predicted molar refractivity (Wildman–Crippen MR) is 254 cm³/mol. The summed E-state index contributed by atoms with van der Waals surface area (Å²) in [5, 5.41) is 2.51. The summed E-state index contributed by atoms with van der Waals surface area (Å²) < 4.78 is 2.42. The maximum absolute atomic E-state index is 2.49. The molecule has 0 unspecified atom stereocenters. The van der Waals surface area contributed by atoms with Gasteiger partial charge in [-0.3, -0.25) is 0 Å². The molecule has 1 aliphatic carbocycles. The number of nitrogens with zero attached hydrogens (tertiary/aromatic N) is 2. The first-order valence-electron chi connectivity index (χ1n) is 20.9. The minimum atomic E-state index is -0.138. The number of fused-ring (bicyclic) bond motifs is 6. The normalized spacial score (nSPS) is 12.7. The van der Waals surface area contributed by atoms with Crippen molar-refractivity contribution in [1.82, 2.24) is 4.57 Å². The summed E-state index contributed by atoms with van der Waals surface area (Å²) in [7, 11) is 0. The van der Waals surface area contributed by atoms with Gasteiger partial charge in [-0.1, -0.05) is 172 Å². The zero-order valence-electron chi connectivity index (χ0n) is 34.1. The van der Waals surface area contributed by atoms with Gasteiger partial charge in [0.1, 0.15) is 0 Å². The van der Waals surface area contributed by atoms with Crippen molar-refractivity contribution in [3.05, 3.63) is 229 Å². The molecular formula is C58H44N2. The summed E-state index contributed by atoms with van der Waals surface area (Å²) in [6, 6.07) is 77.9. The van der Waals surface area contributed by atoms with E-state index in [0.717, 1.165) is 28.3 Å². The number of para-hydroxylation sites is 2. The Balaban J connectivity index is 1.11. The molecule has 2 nitrogen and oxygen atoms in total. The van der Waals surface area contributed by atoms with E-state index < -0.39 is 0 Å². The van der Waals surface area contributed by atoms with Gasteiger partial charge in [0.2, 0.25) is 0 Å². The number of hydrogen-bond acceptors (Lipinski definition) is 1. The second kappa shape index (κ2) is 14.1. The zero-order chi connectivity index (χ0) is 40.4. The van der Waals surface area contributed by atoms with Gasteiger partial charge in [0.25, 0.3) is 0 Å². The van der Waals surface area contributed by atoms with Gasteiger partial charge in [0.15, 0.2) is 0 Å². The average molecular weight is 769 g/mol.